The first-order valence-electron chi connectivity index (χ1n) is 14.4. The summed E-state index contributed by atoms with van der Waals surface area (Å²) in [6.45, 7) is 5.36. The van der Waals surface area contributed by atoms with Crippen molar-refractivity contribution in [3.05, 3.63) is 83.3 Å². The highest BCUT2D eigenvalue weighted by Crippen LogP contribution is 2.39. The monoisotopic (exact) mass is 630 g/mol. The van der Waals surface area contributed by atoms with Gasteiger partial charge >= 0.3 is 6.03 Å². The fraction of sp³-hybridized carbons (Fsp3) is 0.250. The number of carbonyl (C=O) groups excluding carboxylic acids is 2. The summed E-state index contributed by atoms with van der Waals surface area (Å²) >= 11 is 6.07. The smallest absolute Gasteiger partial charge is 0.335 e. The van der Waals surface area contributed by atoms with E-state index in [1.165, 1.54) is 34.9 Å². The molecule has 2 aliphatic heterocycles. The van der Waals surface area contributed by atoms with Gasteiger partial charge in [0.25, 0.3) is 0 Å². The maximum atomic E-state index is 14.1. The molecule has 3 aromatic carbocycles. The first-order valence-corrected chi connectivity index (χ1v) is 14.8. The lowest BCUT2D eigenvalue weighted by Crippen LogP contribution is -2.45. The minimum atomic E-state index is -0.587. The maximum absolute atomic E-state index is 14.1. The Bertz CT molecular complexity index is 1760. The molecule has 232 valence electrons. The summed E-state index contributed by atoms with van der Waals surface area (Å²) in [5.74, 6) is 0.407. The zero-order valence-electron chi connectivity index (χ0n) is 25.1. The second kappa shape index (κ2) is 12.6. The lowest BCUT2D eigenvalue weighted by molar-refractivity contribution is -0.114. The molecule has 0 aliphatic carbocycles. The number of hydrogen-bond donors (Lipinski definition) is 2. The Morgan fingerprint density at radius 2 is 1.78 bits per heavy atom. The third-order valence-corrected chi connectivity index (χ3v) is 8.03. The van der Waals surface area contributed by atoms with Crippen molar-refractivity contribution < 1.29 is 18.7 Å². The number of ether oxygens (including phenoxy) is 1. The lowest BCUT2D eigenvalue weighted by Gasteiger charge is -2.36. The molecule has 0 spiro atoms. The van der Waals surface area contributed by atoms with Gasteiger partial charge in [-0.2, -0.15) is 4.98 Å². The van der Waals surface area contributed by atoms with Gasteiger partial charge in [0.2, 0.25) is 11.9 Å². The summed E-state index contributed by atoms with van der Waals surface area (Å²) in [5.41, 5.74) is 3.75. The highest BCUT2D eigenvalue weighted by molar-refractivity contribution is 6.31. The summed E-state index contributed by atoms with van der Waals surface area (Å²) in [6, 6.07) is 16.5. The highest BCUT2D eigenvalue weighted by Gasteiger charge is 2.35. The summed E-state index contributed by atoms with van der Waals surface area (Å²) in [6.07, 6.45) is 1.64. The number of carbonyl (C=O) groups is 2. The lowest BCUT2D eigenvalue weighted by atomic mass is 10.1. The van der Waals surface area contributed by atoms with E-state index in [1.807, 2.05) is 18.2 Å². The third-order valence-electron chi connectivity index (χ3n) is 7.74. The van der Waals surface area contributed by atoms with Crippen molar-refractivity contribution in [2.24, 2.45) is 0 Å². The topological polar surface area (TPSA) is 106 Å². The molecule has 2 aliphatic rings. The van der Waals surface area contributed by atoms with Crippen LogP contribution in [0.2, 0.25) is 5.02 Å². The standard InChI is InChI=1S/C32H32ClFN8O3/c1-20(43)36-22-5-4-6-25(15-22)42-30-21(19-41(32(42)44)24-7-9-27(34)26(33)16-24)18-35-31(38-30)37-28-10-8-23(17-29(28)45-3)40-13-11-39(2)12-14-40/h4-10,15-18H,11-14,19H2,1-3H3,(H,36,43)(H,35,37,38). The predicted octanol–water partition coefficient (Wildman–Crippen LogP) is 6.01. The normalized spacial score (nSPS) is 15.1. The summed E-state index contributed by atoms with van der Waals surface area (Å²) in [4.78, 5) is 42.7. The van der Waals surface area contributed by atoms with Gasteiger partial charge in [0.1, 0.15) is 11.6 Å². The van der Waals surface area contributed by atoms with E-state index in [-0.39, 0.29) is 23.4 Å². The van der Waals surface area contributed by atoms with Gasteiger partial charge in [-0.05, 0) is 55.6 Å². The van der Waals surface area contributed by atoms with E-state index in [0.29, 0.717) is 39.9 Å². The van der Waals surface area contributed by atoms with Crippen LogP contribution < -0.4 is 30.1 Å². The molecular weight excluding hydrogens is 599 g/mol. The number of piperazine rings is 1. The molecule has 11 nitrogen and oxygen atoms in total. The highest BCUT2D eigenvalue weighted by atomic mass is 35.5. The number of aromatic nitrogens is 2. The first-order chi connectivity index (χ1) is 21.7. The van der Waals surface area contributed by atoms with E-state index in [9.17, 15) is 14.0 Å². The number of halogens is 2. The number of likely N-dealkylation sites (N-methyl/N-ethyl adjacent to an activating group) is 1. The van der Waals surface area contributed by atoms with E-state index in [1.54, 1.807) is 37.6 Å². The zero-order valence-corrected chi connectivity index (χ0v) is 25.8. The van der Waals surface area contributed by atoms with Crippen molar-refractivity contribution in [1.29, 1.82) is 0 Å². The Labute approximate surface area is 265 Å². The van der Waals surface area contributed by atoms with Crippen LogP contribution in [0.25, 0.3) is 0 Å². The van der Waals surface area contributed by atoms with E-state index in [0.717, 1.165) is 31.9 Å². The van der Waals surface area contributed by atoms with Gasteiger partial charge in [0.05, 0.1) is 30.1 Å². The Morgan fingerprint density at radius 3 is 2.51 bits per heavy atom. The molecule has 0 bridgehead atoms. The molecule has 0 unspecified atom stereocenters. The number of rotatable bonds is 7. The van der Waals surface area contributed by atoms with Crippen LogP contribution in [-0.2, 0) is 11.3 Å². The average Bonchev–Trinajstić information content (AvgIpc) is 3.02. The van der Waals surface area contributed by atoms with Crippen LogP contribution in [-0.4, -0.2) is 67.1 Å². The Hall–Kier alpha value is -4.94. The minimum Gasteiger partial charge on any atom is -0.494 e. The first kappa shape index (κ1) is 30.1. The summed E-state index contributed by atoms with van der Waals surface area (Å²) < 4.78 is 19.7. The maximum Gasteiger partial charge on any atom is 0.335 e. The van der Waals surface area contributed by atoms with Crippen molar-refractivity contribution in [2.45, 2.75) is 13.5 Å². The fourth-order valence-corrected chi connectivity index (χ4v) is 5.57. The molecular formula is C32H32ClFN8O3. The second-order valence-electron chi connectivity index (χ2n) is 10.9. The van der Waals surface area contributed by atoms with Gasteiger partial charge in [-0.1, -0.05) is 17.7 Å². The largest absolute Gasteiger partial charge is 0.494 e. The van der Waals surface area contributed by atoms with Gasteiger partial charge in [-0.25, -0.2) is 19.1 Å². The van der Waals surface area contributed by atoms with E-state index in [2.05, 4.69) is 32.5 Å². The molecule has 3 heterocycles. The predicted molar refractivity (Wildman–Crippen MR) is 174 cm³/mol. The van der Waals surface area contributed by atoms with Crippen LogP contribution in [0.3, 0.4) is 0 Å². The molecule has 2 N–H and O–H groups in total. The molecule has 6 rings (SSSR count). The van der Waals surface area contributed by atoms with Gasteiger partial charge < -0.3 is 25.2 Å². The molecule has 0 saturated carbocycles. The fourth-order valence-electron chi connectivity index (χ4n) is 5.39. The molecule has 45 heavy (non-hydrogen) atoms. The van der Waals surface area contributed by atoms with Crippen molar-refractivity contribution in [3.8, 4) is 5.75 Å². The molecule has 3 amide bonds. The van der Waals surface area contributed by atoms with Crippen molar-refractivity contribution in [1.82, 2.24) is 14.9 Å². The molecule has 1 aromatic heterocycles. The van der Waals surface area contributed by atoms with Gasteiger partial charge in [-0.15, -0.1) is 0 Å². The Balaban J connectivity index is 1.36. The van der Waals surface area contributed by atoms with Gasteiger partial charge in [0, 0.05) is 68.0 Å². The molecule has 0 radical (unpaired) electrons. The number of nitrogens with zero attached hydrogens (tertiary/aromatic N) is 6. The number of fused-ring (bicyclic) bond motifs is 1. The zero-order chi connectivity index (χ0) is 31.7. The number of amides is 3. The molecule has 1 fully saturated rings. The van der Waals surface area contributed by atoms with Gasteiger partial charge in [-0.3, -0.25) is 9.69 Å². The number of nitrogens with one attached hydrogen (secondary N) is 2. The van der Waals surface area contributed by atoms with E-state index in [4.69, 9.17) is 21.3 Å². The summed E-state index contributed by atoms with van der Waals surface area (Å²) in [5, 5.41) is 5.90. The third kappa shape index (κ3) is 6.33. The Morgan fingerprint density at radius 1 is 1.00 bits per heavy atom. The molecule has 13 heteroatoms. The van der Waals surface area contributed by atoms with Crippen LogP contribution in [0.15, 0.2) is 66.9 Å². The molecule has 4 aromatic rings. The number of hydrogen-bond acceptors (Lipinski definition) is 8. The minimum absolute atomic E-state index is 0.103. The molecule has 0 atom stereocenters. The molecule has 1 saturated heterocycles. The number of anilines is 7. The SMILES string of the molecule is COc1cc(N2CCN(C)CC2)ccc1Nc1ncc2c(n1)N(c1cccc(NC(C)=O)c1)C(=O)N(c1ccc(F)c(Cl)c1)C2. The van der Waals surface area contributed by atoms with Crippen molar-refractivity contribution in [3.63, 3.8) is 0 Å². The van der Waals surface area contributed by atoms with Gasteiger partial charge in [0.15, 0.2) is 5.82 Å². The average molecular weight is 631 g/mol. The van der Waals surface area contributed by atoms with Crippen LogP contribution in [0.4, 0.5) is 49.4 Å². The van der Waals surface area contributed by atoms with Crippen LogP contribution in [0.1, 0.15) is 12.5 Å². The second-order valence-corrected chi connectivity index (χ2v) is 11.3. The Kier molecular flexibility index (Phi) is 8.42. The van der Waals surface area contributed by atoms with Crippen molar-refractivity contribution in [2.75, 3.05) is 65.7 Å². The number of methoxy groups -OCH3 is 1. The van der Waals surface area contributed by atoms with Crippen LogP contribution in [0, 0.1) is 5.82 Å². The van der Waals surface area contributed by atoms with Crippen molar-refractivity contribution >= 4 is 63.7 Å². The van der Waals surface area contributed by atoms with E-state index >= 15 is 0 Å². The number of urea groups is 1. The van der Waals surface area contributed by atoms with Crippen LogP contribution >= 0.6 is 11.6 Å². The quantitative estimate of drug-likeness (QED) is 0.256. The van der Waals surface area contributed by atoms with E-state index < -0.39 is 11.8 Å². The van der Waals surface area contributed by atoms with Crippen LogP contribution in [0.5, 0.6) is 5.75 Å². The summed E-state index contributed by atoms with van der Waals surface area (Å²) in [7, 11) is 3.73. The number of benzene rings is 3.